The van der Waals surface area contributed by atoms with Gasteiger partial charge in [-0.15, -0.1) is 0 Å². The molecule has 0 unspecified atom stereocenters. The molecule has 136 valence electrons. The molecule has 0 aliphatic rings. The standard InChI is InChI=1S/C22H17ClO4/c1-26-19-13-20(27-2)18(22(25)15-8-10-16(23)11-9-15)12-17(19)21(24)14-6-4-3-5-7-14/h3-13H,1-2H3. The van der Waals surface area contributed by atoms with E-state index in [2.05, 4.69) is 0 Å². The summed E-state index contributed by atoms with van der Waals surface area (Å²) in [6.07, 6.45) is 0. The zero-order valence-corrected chi connectivity index (χ0v) is 15.6. The number of carbonyl (C=O) groups is 2. The van der Waals surface area contributed by atoms with E-state index >= 15 is 0 Å². The van der Waals surface area contributed by atoms with E-state index in [-0.39, 0.29) is 17.1 Å². The van der Waals surface area contributed by atoms with Crippen molar-refractivity contribution < 1.29 is 19.1 Å². The van der Waals surface area contributed by atoms with Gasteiger partial charge in [-0.2, -0.15) is 0 Å². The van der Waals surface area contributed by atoms with Crippen LogP contribution in [-0.2, 0) is 0 Å². The Morgan fingerprint density at radius 3 is 1.67 bits per heavy atom. The van der Waals surface area contributed by atoms with Crippen LogP contribution in [0.2, 0.25) is 5.02 Å². The number of rotatable bonds is 6. The second-order valence-electron chi connectivity index (χ2n) is 5.78. The quantitative estimate of drug-likeness (QED) is 0.575. The third-order valence-corrected chi connectivity index (χ3v) is 4.41. The Morgan fingerprint density at radius 2 is 1.19 bits per heavy atom. The van der Waals surface area contributed by atoms with Crippen LogP contribution < -0.4 is 9.47 Å². The van der Waals surface area contributed by atoms with Gasteiger partial charge in [0.25, 0.3) is 0 Å². The van der Waals surface area contributed by atoms with Gasteiger partial charge < -0.3 is 9.47 Å². The molecule has 0 atom stereocenters. The van der Waals surface area contributed by atoms with Crippen LogP contribution in [0.15, 0.2) is 66.7 Å². The van der Waals surface area contributed by atoms with Crippen molar-refractivity contribution in [3.63, 3.8) is 0 Å². The Kier molecular flexibility index (Phi) is 5.57. The van der Waals surface area contributed by atoms with E-state index in [0.29, 0.717) is 33.2 Å². The Morgan fingerprint density at radius 1 is 0.704 bits per heavy atom. The van der Waals surface area contributed by atoms with Crippen LogP contribution in [0.5, 0.6) is 11.5 Å². The molecule has 0 saturated carbocycles. The van der Waals surface area contributed by atoms with Crippen molar-refractivity contribution >= 4 is 23.2 Å². The van der Waals surface area contributed by atoms with Crippen molar-refractivity contribution in [2.75, 3.05) is 14.2 Å². The van der Waals surface area contributed by atoms with Gasteiger partial charge in [0.05, 0.1) is 25.3 Å². The Labute approximate surface area is 162 Å². The van der Waals surface area contributed by atoms with E-state index in [1.165, 1.54) is 20.3 Å². The van der Waals surface area contributed by atoms with E-state index < -0.39 is 0 Å². The average molecular weight is 381 g/mol. The van der Waals surface area contributed by atoms with Gasteiger partial charge >= 0.3 is 0 Å². The summed E-state index contributed by atoms with van der Waals surface area (Å²) in [6, 6.07) is 18.4. The minimum absolute atomic E-state index is 0.236. The van der Waals surface area contributed by atoms with E-state index in [0.717, 1.165) is 0 Å². The van der Waals surface area contributed by atoms with Gasteiger partial charge in [0.15, 0.2) is 11.6 Å². The average Bonchev–Trinajstić information content (AvgIpc) is 2.72. The fourth-order valence-electron chi connectivity index (χ4n) is 2.76. The maximum absolute atomic E-state index is 13.0. The molecular weight excluding hydrogens is 364 g/mol. The largest absolute Gasteiger partial charge is 0.496 e. The maximum Gasteiger partial charge on any atom is 0.196 e. The third-order valence-electron chi connectivity index (χ3n) is 4.15. The van der Waals surface area contributed by atoms with Crippen LogP contribution in [0.1, 0.15) is 31.8 Å². The molecule has 3 rings (SSSR count). The first-order valence-electron chi connectivity index (χ1n) is 8.21. The molecule has 0 bridgehead atoms. The highest BCUT2D eigenvalue weighted by atomic mass is 35.5. The molecule has 3 aromatic rings. The van der Waals surface area contributed by atoms with Crippen LogP contribution in [0.4, 0.5) is 0 Å². The molecule has 3 aromatic carbocycles. The van der Waals surface area contributed by atoms with Gasteiger partial charge in [0.1, 0.15) is 11.5 Å². The van der Waals surface area contributed by atoms with Gasteiger partial charge in [0.2, 0.25) is 0 Å². The molecular formula is C22H17ClO4. The topological polar surface area (TPSA) is 52.6 Å². The van der Waals surface area contributed by atoms with Crippen molar-refractivity contribution in [2.24, 2.45) is 0 Å². The third kappa shape index (κ3) is 3.86. The number of hydrogen-bond acceptors (Lipinski definition) is 4. The maximum atomic E-state index is 13.0. The van der Waals surface area contributed by atoms with E-state index in [1.54, 1.807) is 54.6 Å². The van der Waals surface area contributed by atoms with Crippen molar-refractivity contribution in [1.29, 1.82) is 0 Å². The number of ether oxygens (including phenoxy) is 2. The summed E-state index contributed by atoms with van der Waals surface area (Å²) in [6.45, 7) is 0. The molecule has 0 aliphatic carbocycles. The zero-order valence-electron chi connectivity index (χ0n) is 14.9. The number of benzene rings is 3. The Balaban J connectivity index is 2.12. The molecule has 0 radical (unpaired) electrons. The lowest BCUT2D eigenvalue weighted by molar-refractivity contribution is 0.103. The first kappa shape index (κ1) is 18.7. The summed E-state index contributed by atoms with van der Waals surface area (Å²) < 4.78 is 10.7. The summed E-state index contributed by atoms with van der Waals surface area (Å²) >= 11 is 5.90. The second kappa shape index (κ2) is 8.06. The fourth-order valence-corrected chi connectivity index (χ4v) is 2.88. The molecule has 27 heavy (non-hydrogen) atoms. The van der Waals surface area contributed by atoms with Crippen molar-refractivity contribution in [3.05, 3.63) is 94.0 Å². The second-order valence-corrected chi connectivity index (χ2v) is 6.22. The molecule has 0 fully saturated rings. The predicted molar refractivity (Wildman–Crippen MR) is 104 cm³/mol. The minimum atomic E-state index is -0.270. The lowest BCUT2D eigenvalue weighted by atomic mass is 9.95. The number of hydrogen-bond donors (Lipinski definition) is 0. The highest BCUT2D eigenvalue weighted by molar-refractivity contribution is 6.30. The van der Waals surface area contributed by atoms with Gasteiger partial charge in [-0.25, -0.2) is 0 Å². The Hall–Kier alpha value is -3.11. The molecule has 5 heteroatoms. The number of halogens is 1. The first-order chi connectivity index (χ1) is 13.0. The summed E-state index contributed by atoms with van der Waals surface area (Å²) in [5.74, 6) is 0.165. The van der Waals surface area contributed by atoms with Crippen LogP contribution >= 0.6 is 11.6 Å². The smallest absolute Gasteiger partial charge is 0.196 e. The normalized spacial score (nSPS) is 10.3. The summed E-state index contributed by atoms with van der Waals surface area (Å²) in [5, 5.41) is 0.535. The zero-order chi connectivity index (χ0) is 19.4. The fraction of sp³-hybridized carbons (Fsp3) is 0.0909. The molecule has 0 amide bonds. The lowest BCUT2D eigenvalue weighted by Crippen LogP contribution is -2.10. The summed E-state index contributed by atoms with van der Waals surface area (Å²) in [5.41, 5.74) is 1.52. The lowest BCUT2D eigenvalue weighted by Gasteiger charge is -2.14. The number of methoxy groups -OCH3 is 2. The minimum Gasteiger partial charge on any atom is -0.496 e. The molecule has 0 spiro atoms. The van der Waals surface area contributed by atoms with E-state index in [1.807, 2.05) is 6.07 Å². The van der Waals surface area contributed by atoms with Gasteiger partial charge in [-0.1, -0.05) is 41.9 Å². The highest BCUT2D eigenvalue weighted by Gasteiger charge is 2.22. The molecule has 0 aliphatic heterocycles. The van der Waals surface area contributed by atoms with Gasteiger partial charge in [-0.05, 0) is 30.3 Å². The highest BCUT2D eigenvalue weighted by Crippen LogP contribution is 2.32. The summed E-state index contributed by atoms with van der Waals surface area (Å²) in [7, 11) is 2.93. The Bertz CT molecular complexity index is 979. The van der Waals surface area contributed by atoms with Crippen LogP contribution in [0.25, 0.3) is 0 Å². The molecule has 0 saturated heterocycles. The monoisotopic (exact) mass is 380 g/mol. The SMILES string of the molecule is COc1cc(OC)c(C(=O)c2ccc(Cl)cc2)cc1C(=O)c1ccccc1. The van der Waals surface area contributed by atoms with Crippen LogP contribution in [-0.4, -0.2) is 25.8 Å². The van der Waals surface area contributed by atoms with Gasteiger partial charge in [0, 0.05) is 22.2 Å². The number of carbonyl (C=O) groups excluding carboxylic acids is 2. The molecule has 0 N–H and O–H groups in total. The molecule has 4 nitrogen and oxygen atoms in total. The predicted octanol–water partition coefficient (Wildman–Crippen LogP) is 4.82. The van der Waals surface area contributed by atoms with E-state index in [9.17, 15) is 9.59 Å². The molecule has 0 aromatic heterocycles. The molecule has 0 heterocycles. The van der Waals surface area contributed by atoms with E-state index in [4.69, 9.17) is 21.1 Å². The number of ketones is 2. The van der Waals surface area contributed by atoms with Crippen molar-refractivity contribution in [1.82, 2.24) is 0 Å². The van der Waals surface area contributed by atoms with Crippen molar-refractivity contribution in [3.8, 4) is 11.5 Å². The van der Waals surface area contributed by atoms with Crippen molar-refractivity contribution in [2.45, 2.75) is 0 Å². The van der Waals surface area contributed by atoms with Crippen LogP contribution in [0, 0.1) is 0 Å². The van der Waals surface area contributed by atoms with Crippen LogP contribution in [0.3, 0.4) is 0 Å². The van der Waals surface area contributed by atoms with Gasteiger partial charge in [-0.3, -0.25) is 9.59 Å². The summed E-state index contributed by atoms with van der Waals surface area (Å²) in [4.78, 5) is 25.9. The first-order valence-corrected chi connectivity index (χ1v) is 8.59.